The topological polar surface area (TPSA) is 13.1 Å². The Bertz CT molecular complexity index is 548. The Morgan fingerprint density at radius 1 is 1.22 bits per heavy atom. The summed E-state index contributed by atoms with van der Waals surface area (Å²) in [7, 11) is 0. The third-order valence-corrected chi connectivity index (χ3v) is 4.17. The van der Waals surface area contributed by atoms with E-state index in [-0.39, 0.29) is 11.2 Å². The van der Waals surface area contributed by atoms with Crippen LogP contribution in [0, 0.1) is 5.82 Å². The van der Waals surface area contributed by atoms with Crippen LogP contribution in [0.1, 0.15) is 43.8 Å². The highest BCUT2D eigenvalue weighted by atomic mass is 35.5. The van der Waals surface area contributed by atoms with E-state index in [0.717, 1.165) is 30.4 Å². The van der Waals surface area contributed by atoms with Gasteiger partial charge in [-0.15, -0.1) is 11.6 Å². The van der Waals surface area contributed by atoms with Crippen molar-refractivity contribution in [3.63, 3.8) is 0 Å². The monoisotopic (exact) mass is 266 g/mol. The van der Waals surface area contributed by atoms with Gasteiger partial charge in [0.1, 0.15) is 5.76 Å². The second kappa shape index (κ2) is 4.93. The number of rotatable bonds is 1. The molecule has 0 aliphatic heterocycles. The number of halogens is 2. The van der Waals surface area contributed by atoms with Gasteiger partial charge in [-0.3, -0.25) is 0 Å². The Morgan fingerprint density at radius 3 is 2.89 bits per heavy atom. The van der Waals surface area contributed by atoms with E-state index in [1.807, 2.05) is 12.1 Å². The number of furan rings is 1. The minimum Gasteiger partial charge on any atom is -0.458 e. The van der Waals surface area contributed by atoms with E-state index >= 15 is 0 Å². The van der Waals surface area contributed by atoms with Gasteiger partial charge < -0.3 is 4.42 Å². The minimum absolute atomic E-state index is 0.218. The number of fused-ring (bicyclic) bond motifs is 1. The minimum atomic E-state index is -0.283. The van der Waals surface area contributed by atoms with E-state index in [4.69, 9.17) is 16.0 Å². The van der Waals surface area contributed by atoms with Crippen molar-refractivity contribution in [1.82, 2.24) is 0 Å². The molecule has 1 aromatic heterocycles. The van der Waals surface area contributed by atoms with Crippen molar-refractivity contribution in [2.24, 2.45) is 0 Å². The Morgan fingerprint density at radius 2 is 2.06 bits per heavy atom. The molecule has 0 spiro atoms. The second-order valence-corrected chi connectivity index (χ2v) is 5.74. The van der Waals surface area contributed by atoms with Crippen molar-refractivity contribution in [2.75, 3.05) is 0 Å². The van der Waals surface area contributed by atoms with Crippen LogP contribution in [0.3, 0.4) is 0 Å². The molecule has 3 heteroatoms. The third kappa shape index (κ3) is 2.26. The summed E-state index contributed by atoms with van der Waals surface area (Å²) in [5.74, 6) is 0.944. The summed E-state index contributed by atoms with van der Waals surface area (Å²) in [6.45, 7) is 0. The van der Waals surface area contributed by atoms with Crippen LogP contribution in [0.15, 0.2) is 28.7 Å². The zero-order valence-electron chi connectivity index (χ0n) is 10.2. The first kappa shape index (κ1) is 12.0. The number of para-hydroxylation sites is 1. The van der Waals surface area contributed by atoms with Crippen LogP contribution in [-0.2, 0) is 0 Å². The van der Waals surface area contributed by atoms with Crippen molar-refractivity contribution >= 4 is 22.6 Å². The first-order chi connectivity index (χ1) is 8.74. The Balaban J connectivity index is 1.95. The summed E-state index contributed by atoms with van der Waals surface area (Å²) in [6, 6.07) is 7.01. The Hall–Kier alpha value is -1.02. The van der Waals surface area contributed by atoms with Crippen molar-refractivity contribution < 1.29 is 8.81 Å². The number of alkyl halides is 1. The molecule has 18 heavy (non-hydrogen) atoms. The van der Waals surface area contributed by atoms with Crippen molar-refractivity contribution in [2.45, 2.75) is 43.4 Å². The van der Waals surface area contributed by atoms with E-state index in [0.29, 0.717) is 11.5 Å². The van der Waals surface area contributed by atoms with Crippen LogP contribution in [0.4, 0.5) is 4.39 Å². The van der Waals surface area contributed by atoms with Gasteiger partial charge in [-0.2, -0.15) is 0 Å². The Labute approximate surface area is 111 Å². The molecule has 1 heterocycles. The average molecular weight is 267 g/mol. The molecule has 3 rings (SSSR count). The maximum absolute atomic E-state index is 13.6. The molecule has 0 N–H and O–H groups in total. The molecule has 1 nitrogen and oxygen atoms in total. The predicted molar refractivity (Wildman–Crippen MR) is 71.6 cm³/mol. The van der Waals surface area contributed by atoms with E-state index < -0.39 is 0 Å². The fourth-order valence-electron chi connectivity index (χ4n) is 2.81. The van der Waals surface area contributed by atoms with Crippen LogP contribution in [-0.4, -0.2) is 5.38 Å². The molecule has 1 fully saturated rings. The molecule has 2 unspecified atom stereocenters. The van der Waals surface area contributed by atoms with E-state index in [1.165, 1.54) is 18.9 Å². The van der Waals surface area contributed by atoms with Gasteiger partial charge in [0, 0.05) is 16.7 Å². The second-order valence-electron chi connectivity index (χ2n) is 5.12. The first-order valence-corrected chi connectivity index (χ1v) is 6.99. The average Bonchev–Trinajstić information content (AvgIpc) is 2.67. The largest absolute Gasteiger partial charge is 0.458 e. The molecule has 2 atom stereocenters. The van der Waals surface area contributed by atoms with Crippen LogP contribution < -0.4 is 0 Å². The van der Waals surface area contributed by atoms with Gasteiger partial charge >= 0.3 is 0 Å². The highest BCUT2D eigenvalue weighted by Crippen LogP contribution is 2.36. The highest BCUT2D eigenvalue weighted by molar-refractivity contribution is 6.20. The number of hydrogen-bond acceptors (Lipinski definition) is 1. The molecule has 1 aliphatic rings. The zero-order valence-corrected chi connectivity index (χ0v) is 10.9. The molecule has 1 saturated carbocycles. The van der Waals surface area contributed by atoms with Gasteiger partial charge in [0.25, 0.3) is 0 Å². The molecular formula is C15H16ClFO. The van der Waals surface area contributed by atoms with Gasteiger partial charge in [0.15, 0.2) is 11.4 Å². The molecule has 0 saturated heterocycles. The van der Waals surface area contributed by atoms with E-state index in [9.17, 15) is 4.39 Å². The zero-order chi connectivity index (χ0) is 12.5. The molecule has 0 bridgehead atoms. The molecule has 2 aromatic rings. The van der Waals surface area contributed by atoms with Crippen molar-refractivity contribution in [1.29, 1.82) is 0 Å². The molecule has 96 valence electrons. The van der Waals surface area contributed by atoms with Crippen LogP contribution in [0.25, 0.3) is 11.0 Å². The van der Waals surface area contributed by atoms with Gasteiger partial charge in [0.2, 0.25) is 0 Å². The number of benzene rings is 1. The summed E-state index contributed by atoms with van der Waals surface area (Å²) in [5, 5.41) is 1.07. The lowest BCUT2D eigenvalue weighted by atomic mass is 9.97. The Kier molecular flexibility index (Phi) is 3.29. The van der Waals surface area contributed by atoms with E-state index in [1.54, 1.807) is 6.07 Å². The predicted octanol–water partition coefficient (Wildman–Crippen LogP) is 5.23. The lowest BCUT2D eigenvalue weighted by Crippen LogP contribution is -2.03. The lowest BCUT2D eigenvalue weighted by molar-refractivity contribution is 0.448. The van der Waals surface area contributed by atoms with Gasteiger partial charge in [-0.1, -0.05) is 25.0 Å². The summed E-state index contributed by atoms with van der Waals surface area (Å²) in [4.78, 5) is 0. The van der Waals surface area contributed by atoms with Gasteiger partial charge in [0.05, 0.1) is 0 Å². The smallest absolute Gasteiger partial charge is 0.169 e. The summed E-state index contributed by atoms with van der Waals surface area (Å²) in [6.07, 6.45) is 5.45. The third-order valence-electron chi connectivity index (χ3n) is 3.78. The first-order valence-electron chi connectivity index (χ1n) is 6.56. The summed E-state index contributed by atoms with van der Waals surface area (Å²) >= 11 is 6.28. The summed E-state index contributed by atoms with van der Waals surface area (Å²) < 4.78 is 19.3. The lowest BCUT2D eigenvalue weighted by Gasteiger charge is -2.12. The van der Waals surface area contributed by atoms with Gasteiger partial charge in [-0.05, 0) is 31.4 Å². The molecule has 0 radical (unpaired) electrons. The van der Waals surface area contributed by atoms with E-state index in [2.05, 4.69) is 0 Å². The van der Waals surface area contributed by atoms with Crippen LogP contribution in [0.5, 0.6) is 0 Å². The molecule has 1 aromatic carbocycles. The molecule has 0 amide bonds. The fraction of sp³-hybridized carbons (Fsp3) is 0.467. The van der Waals surface area contributed by atoms with Crippen LogP contribution >= 0.6 is 11.6 Å². The highest BCUT2D eigenvalue weighted by Gasteiger charge is 2.23. The fourth-order valence-corrected chi connectivity index (χ4v) is 3.18. The molecular weight excluding hydrogens is 251 g/mol. The maximum Gasteiger partial charge on any atom is 0.169 e. The normalized spacial score (nSPS) is 25.2. The maximum atomic E-state index is 13.6. The summed E-state index contributed by atoms with van der Waals surface area (Å²) in [5.41, 5.74) is 0.378. The van der Waals surface area contributed by atoms with Gasteiger partial charge in [-0.25, -0.2) is 4.39 Å². The standard InChI is InChI=1S/C15H16ClFO/c16-12-6-2-1-4-10(8-12)14-9-11-5-3-7-13(17)15(11)18-14/h3,5,7,9-10,12H,1-2,4,6,8H2. The SMILES string of the molecule is Fc1cccc2cc(C3CCCCC(Cl)C3)oc12. The van der Waals surface area contributed by atoms with Crippen molar-refractivity contribution in [3.8, 4) is 0 Å². The van der Waals surface area contributed by atoms with Crippen LogP contribution in [0.2, 0.25) is 0 Å². The quantitative estimate of drug-likeness (QED) is 0.509. The molecule has 1 aliphatic carbocycles. The number of hydrogen-bond donors (Lipinski definition) is 0. The van der Waals surface area contributed by atoms with Crippen molar-refractivity contribution in [3.05, 3.63) is 35.8 Å².